The summed E-state index contributed by atoms with van der Waals surface area (Å²) in [5.41, 5.74) is 8.70. The van der Waals surface area contributed by atoms with Crippen LogP contribution < -0.4 is 11.2 Å². The third-order valence-electron chi connectivity index (χ3n) is 4.16. The highest BCUT2D eigenvalue weighted by Gasteiger charge is 2.18. The number of H-pyrrole nitrogens is 1. The second kappa shape index (κ2) is 6.57. The Kier molecular flexibility index (Phi) is 4.93. The van der Waals surface area contributed by atoms with E-state index in [2.05, 4.69) is 25.8 Å². The van der Waals surface area contributed by atoms with Gasteiger partial charge in [0.2, 0.25) is 5.91 Å². The van der Waals surface area contributed by atoms with Gasteiger partial charge >= 0.3 is 0 Å². The number of nitrogens with two attached hydrogens (primary N) is 1. The molecule has 124 valence electrons. The highest BCUT2D eigenvalue weighted by atomic mass is 16.1. The number of nitrogens with one attached hydrogen (secondary N) is 1. The molecule has 1 aromatic carbocycles. The third-order valence-corrected chi connectivity index (χ3v) is 4.16. The number of hydrogen-bond donors (Lipinski definition) is 2. The number of fused-ring (bicyclic) bond motifs is 1. The smallest absolute Gasteiger partial charge is 0.223 e. The molecule has 2 rings (SSSR count). The first kappa shape index (κ1) is 17.3. The lowest BCUT2D eigenvalue weighted by atomic mass is 9.87. The average molecular weight is 314 g/mol. The quantitative estimate of drug-likeness (QED) is 0.889. The van der Waals surface area contributed by atoms with Crippen molar-refractivity contribution < 1.29 is 4.79 Å². The van der Waals surface area contributed by atoms with Crippen LogP contribution in [0.5, 0.6) is 0 Å². The molecule has 1 aromatic heterocycles. The number of carbonyl (C=O) groups is 1. The van der Waals surface area contributed by atoms with E-state index in [1.807, 2.05) is 25.1 Å². The molecule has 0 aliphatic carbocycles. The number of benzene rings is 1. The fourth-order valence-electron chi connectivity index (χ4n) is 2.88. The van der Waals surface area contributed by atoms with Crippen LogP contribution in [0.25, 0.3) is 10.9 Å². The number of rotatable bonds is 5. The standard InChI is InChI=1S/C19H26N2O2/c1-5-12-7-6-8-14-17(12)18(23)13(9-10-19(2,3)4)15(21-14)11-16(20)22/h6-8H,5,9-11H2,1-4H3,(H2,20,22)(H,21,23). The van der Waals surface area contributed by atoms with Crippen molar-refractivity contribution in [3.63, 3.8) is 0 Å². The second-order valence-corrected chi connectivity index (χ2v) is 7.31. The maximum atomic E-state index is 13.1. The molecule has 0 aliphatic heterocycles. The molecule has 0 saturated carbocycles. The molecule has 2 aromatic rings. The van der Waals surface area contributed by atoms with Crippen LogP contribution in [-0.2, 0) is 24.1 Å². The summed E-state index contributed by atoms with van der Waals surface area (Å²) in [7, 11) is 0. The minimum absolute atomic E-state index is 0.0386. The van der Waals surface area contributed by atoms with Gasteiger partial charge in [-0.2, -0.15) is 0 Å². The summed E-state index contributed by atoms with van der Waals surface area (Å²) in [5.74, 6) is -0.427. The summed E-state index contributed by atoms with van der Waals surface area (Å²) < 4.78 is 0. The molecular formula is C19H26N2O2. The predicted octanol–water partition coefficient (Wildman–Crippen LogP) is 3.10. The maximum absolute atomic E-state index is 13.1. The van der Waals surface area contributed by atoms with E-state index in [4.69, 9.17) is 5.73 Å². The molecule has 1 heterocycles. The molecule has 0 spiro atoms. The summed E-state index contributed by atoms with van der Waals surface area (Å²) in [4.78, 5) is 27.7. The Morgan fingerprint density at radius 1 is 1.26 bits per heavy atom. The minimum atomic E-state index is -0.427. The van der Waals surface area contributed by atoms with Gasteiger partial charge in [0, 0.05) is 22.2 Å². The van der Waals surface area contributed by atoms with E-state index in [9.17, 15) is 9.59 Å². The van der Waals surface area contributed by atoms with Gasteiger partial charge in [0.25, 0.3) is 0 Å². The summed E-state index contributed by atoms with van der Waals surface area (Å²) >= 11 is 0. The summed E-state index contributed by atoms with van der Waals surface area (Å²) in [5, 5.41) is 0.743. The lowest BCUT2D eigenvalue weighted by Crippen LogP contribution is -2.23. The van der Waals surface area contributed by atoms with Crippen LogP contribution in [0, 0.1) is 5.41 Å². The van der Waals surface area contributed by atoms with E-state index in [0.29, 0.717) is 17.7 Å². The van der Waals surface area contributed by atoms with Crippen LogP contribution in [0.2, 0.25) is 0 Å². The fraction of sp³-hybridized carbons (Fsp3) is 0.474. The molecule has 0 atom stereocenters. The van der Waals surface area contributed by atoms with Gasteiger partial charge in [-0.3, -0.25) is 9.59 Å². The zero-order chi connectivity index (χ0) is 17.2. The van der Waals surface area contributed by atoms with Gasteiger partial charge in [-0.25, -0.2) is 0 Å². The lowest BCUT2D eigenvalue weighted by Gasteiger charge is -2.19. The predicted molar refractivity (Wildman–Crippen MR) is 94.6 cm³/mol. The average Bonchev–Trinajstić information content (AvgIpc) is 2.44. The first-order valence-corrected chi connectivity index (χ1v) is 8.17. The molecule has 3 N–H and O–H groups in total. The number of amides is 1. The molecule has 0 radical (unpaired) electrons. The van der Waals surface area contributed by atoms with Crippen molar-refractivity contribution in [1.29, 1.82) is 0 Å². The van der Waals surface area contributed by atoms with Crippen LogP contribution in [-0.4, -0.2) is 10.9 Å². The van der Waals surface area contributed by atoms with E-state index >= 15 is 0 Å². The van der Waals surface area contributed by atoms with Gasteiger partial charge in [0.15, 0.2) is 5.43 Å². The normalized spacial score (nSPS) is 11.8. The second-order valence-electron chi connectivity index (χ2n) is 7.31. The van der Waals surface area contributed by atoms with Crippen LogP contribution in [0.1, 0.15) is 50.9 Å². The summed E-state index contributed by atoms with van der Waals surface area (Å²) in [6, 6.07) is 5.80. The first-order chi connectivity index (χ1) is 10.7. The van der Waals surface area contributed by atoms with E-state index in [1.54, 1.807) is 0 Å². The number of carbonyl (C=O) groups excluding carboxylic acids is 1. The number of aryl methyl sites for hydroxylation is 1. The van der Waals surface area contributed by atoms with E-state index < -0.39 is 5.91 Å². The number of primary amides is 1. The maximum Gasteiger partial charge on any atom is 0.223 e. The van der Waals surface area contributed by atoms with Gasteiger partial charge in [-0.1, -0.05) is 39.8 Å². The topological polar surface area (TPSA) is 76.0 Å². The SMILES string of the molecule is CCc1cccc2[nH]c(CC(N)=O)c(CCC(C)(C)C)c(=O)c12. The van der Waals surface area contributed by atoms with Crippen molar-refractivity contribution in [3.8, 4) is 0 Å². The Labute approximate surface area is 137 Å². The first-order valence-electron chi connectivity index (χ1n) is 8.17. The summed E-state index contributed by atoms with van der Waals surface area (Å²) in [6.07, 6.45) is 2.40. The van der Waals surface area contributed by atoms with Crippen LogP contribution in [0.15, 0.2) is 23.0 Å². The van der Waals surface area contributed by atoms with Gasteiger partial charge in [-0.15, -0.1) is 0 Å². The van der Waals surface area contributed by atoms with Gasteiger partial charge in [-0.05, 0) is 36.3 Å². The molecule has 4 nitrogen and oxygen atoms in total. The third kappa shape index (κ3) is 4.01. The molecule has 0 fully saturated rings. The largest absolute Gasteiger partial charge is 0.369 e. The highest BCUT2D eigenvalue weighted by molar-refractivity contribution is 5.84. The number of pyridine rings is 1. The zero-order valence-corrected chi connectivity index (χ0v) is 14.5. The van der Waals surface area contributed by atoms with Crippen molar-refractivity contribution in [3.05, 3.63) is 45.2 Å². The molecule has 0 saturated heterocycles. The lowest BCUT2D eigenvalue weighted by molar-refractivity contribution is -0.117. The van der Waals surface area contributed by atoms with Crippen molar-refractivity contribution in [2.24, 2.45) is 11.1 Å². The van der Waals surface area contributed by atoms with Crippen molar-refractivity contribution in [2.75, 3.05) is 0 Å². The Bertz CT molecular complexity index is 782. The monoisotopic (exact) mass is 314 g/mol. The van der Waals surface area contributed by atoms with Crippen LogP contribution >= 0.6 is 0 Å². The van der Waals surface area contributed by atoms with E-state index in [-0.39, 0.29) is 17.3 Å². The highest BCUT2D eigenvalue weighted by Crippen LogP contribution is 2.23. The van der Waals surface area contributed by atoms with Crippen molar-refractivity contribution in [2.45, 2.75) is 53.4 Å². The molecule has 23 heavy (non-hydrogen) atoms. The number of hydrogen-bond acceptors (Lipinski definition) is 2. The molecule has 0 unspecified atom stereocenters. The van der Waals surface area contributed by atoms with Gasteiger partial charge < -0.3 is 10.7 Å². The zero-order valence-electron chi connectivity index (χ0n) is 14.5. The molecular weight excluding hydrogens is 288 g/mol. The molecule has 0 bridgehead atoms. The van der Waals surface area contributed by atoms with E-state index in [0.717, 1.165) is 29.3 Å². The van der Waals surface area contributed by atoms with Gasteiger partial charge in [0.05, 0.1) is 6.42 Å². The fourth-order valence-corrected chi connectivity index (χ4v) is 2.88. The van der Waals surface area contributed by atoms with Crippen LogP contribution in [0.3, 0.4) is 0 Å². The number of aromatic amines is 1. The van der Waals surface area contributed by atoms with Crippen molar-refractivity contribution >= 4 is 16.8 Å². The van der Waals surface area contributed by atoms with Gasteiger partial charge in [0.1, 0.15) is 0 Å². The van der Waals surface area contributed by atoms with Crippen LogP contribution in [0.4, 0.5) is 0 Å². The summed E-state index contributed by atoms with van der Waals surface area (Å²) in [6.45, 7) is 8.48. The minimum Gasteiger partial charge on any atom is -0.369 e. The molecule has 1 amide bonds. The Hall–Kier alpha value is -2.10. The van der Waals surface area contributed by atoms with Crippen molar-refractivity contribution in [1.82, 2.24) is 4.98 Å². The molecule has 0 aliphatic rings. The Morgan fingerprint density at radius 3 is 2.52 bits per heavy atom. The Morgan fingerprint density at radius 2 is 1.96 bits per heavy atom. The Balaban J connectivity index is 2.66. The number of aromatic nitrogens is 1. The molecule has 4 heteroatoms. The van der Waals surface area contributed by atoms with E-state index in [1.165, 1.54) is 0 Å².